The summed E-state index contributed by atoms with van der Waals surface area (Å²) in [7, 11) is 0. The number of rotatable bonds is 1. The van der Waals surface area contributed by atoms with Gasteiger partial charge in [-0.25, -0.2) is 4.79 Å². The zero-order valence-corrected chi connectivity index (χ0v) is 7.10. The number of piperidine rings is 1. The summed E-state index contributed by atoms with van der Waals surface area (Å²) in [5.74, 6) is 0.671. The van der Waals surface area contributed by atoms with Gasteiger partial charge >= 0.3 is 6.03 Å². The summed E-state index contributed by atoms with van der Waals surface area (Å²) >= 11 is 0. The molecule has 4 heteroatoms. The van der Waals surface area contributed by atoms with Gasteiger partial charge in [0, 0.05) is 6.54 Å². The lowest BCUT2D eigenvalue weighted by Crippen LogP contribution is -2.40. The maximum Gasteiger partial charge on any atom is 0.315 e. The molecule has 0 bridgehead atoms. The number of nitrogens with one attached hydrogen (secondary N) is 3. The molecule has 3 N–H and O–H groups in total. The number of carbonyl (C=O) groups is 1. The normalized spacial score (nSPS) is 31.3. The third-order valence-electron chi connectivity index (χ3n) is 2.75. The zero-order chi connectivity index (χ0) is 8.39. The Labute approximate surface area is 72.1 Å². The van der Waals surface area contributed by atoms with Crippen LogP contribution >= 0.6 is 0 Å². The first-order valence-electron chi connectivity index (χ1n) is 4.61. The number of carbonyl (C=O) groups excluding carboxylic acids is 1. The molecule has 0 aliphatic carbocycles. The van der Waals surface area contributed by atoms with E-state index >= 15 is 0 Å². The van der Waals surface area contributed by atoms with E-state index in [1.165, 1.54) is 12.8 Å². The van der Waals surface area contributed by atoms with E-state index in [4.69, 9.17) is 0 Å². The van der Waals surface area contributed by atoms with Gasteiger partial charge in [-0.15, -0.1) is 0 Å². The minimum atomic E-state index is -0.00136. The Kier molecular flexibility index (Phi) is 2.17. The third kappa shape index (κ3) is 1.53. The largest absolute Gasteiger partial charge is 0.336 e. The van der Waals surface area contributed by atoms with Gasteiger partial charge < -0.3 is 16.0 Å². The molecule has 2 saturated heterocycles. The van der Waals surface area contributed by atoms with E-state index in [9.17, 15) is 4.79 Å². The highest BCUT2D eigenvalue weighted by Gasteiger charge is 2.28. The van der Waals surface area contributed by atoms with Crippen LogP contribution < -0.4 is 16.0 Å². The first kappa shape index (κ1) is 7.86. The van der Waals surface area contributed by atoms with Gasteiger partial charge in [-0.2, -0.15) is 0 Å². The minimum absolute atomic E-state index is 0.00136. The molecule has 4 nitrogen and oxygen atoms in total. The van der Waals surface area contributed by atoms with Gasteiger partial charge in [0.2, 0.25) is 0 Å². The molecule has 2 heterocycles. The number of hydrogen-bond donors (Lipinski definition) is 3. The quantitative estimate of drug-likeness (QED) is 0.503. The van der Waals surface area contributed by atoms with E-state index in [-0.39, 0.29) is 6.03 Å². The number of urea groups is 1. The van der Waals surface area contributed by atoms with Gasteiger partial charge in [0.25, 0.3) is 0 Å². The van der Waals surface area contributed by atoms with E-state index in [2.05, 4.69) is 16.0 Å². The van der Waals surface area contributed by atoms with E-state index < -0.39 is 0 Å². The molecular formula is C8H15N3O. The molecule has 0 saturated carbocycles. The lowest BCUT2D eigenvalue weighted by atomic mass is 9.91. The van der Waals surface area contributed by atoms with Crippen molar-refractivity contribution in [3.05, 3.63) is 0 Å². The molecule has 0 aromatic rings. The molecule has 1 atom stereocenters. The number of amides is 2. The molecule has 2 rings (SSSR count). The Hall–Kier alpha value is -0.770. The second-order valence-electron chi connectivity index (χ2n) is 3.55. The second kappa shape index (κ2) is 3.31. The SMILES string of the molecule is O=C1NCC(C2CCNCC2)N1. The van der Waals surface area contributed by atoms with Gasteiger partial charge in [-0.1, -0.05) is 0 Å². The van der Waals surface area contributed by atoms with Crippen LogP contribution in [0.5, 0.6) is 0 Å². The van der Waals surface area contributed by atoms with Gasteiger partial charge in [0.15, 0.2) is 0 Å². The van der Waals surface area contributed by atoms with Crippen LogP contribution in [-0.4, -0.2) is 31.7 Å². The van der Waals surface area contributed by atoms with Crippen LogP contribution in [-0.2, 0) is 0 Å². The molecule has 0 aromatic carbocycles. The van der Waals surface area contributed by atoms with Crippen molar-refractivity contribution in [1.82, 2.24) is 16.0 Å². The van der Waals surface area contributed by atoms with E-state index in [1.54, 1.807) is 0 Å². The zero-order valence-electron chi connectivity index (χ0n) is 7.10. The highest BCUT2D eigenvalue weighted by atomic mass is 16.2. The maximum atomic E-state index is 10.9. The van der Waals surface area contributed by atoms with Crippen LogP contribution in [0.25, 0.3) is 0 Å². The first-order chi connectivity index (χ1) is 5.86. The van der Waals surface area contributed by atoms with Crippen LogP contribution in [0.3, 0.4) is 0 Å². The molecule has 68 valence electrons. The molecule has 0 spiro atoms. The van der Waals surface area contributed by atoms with Gasteiger partial charge in [-0.05, 0) is 31.8 Å². The summed E-state index contributed by atoms with van der Waals surface area (Å²) in [6, 6.07) is 0.373. The Bertz CT molecular complexity index is 177. The third-order valence-corrected chi connectivity index (χ3v) is 2.75. The monoisotopic (exact) mass is 169 g/mol. The smallest absolute Gasteiger partial charge is 0.315 e. The van der Waals surface area contributed by atoms with E-state index in [0.717, 1.165) is 19.6 Å². The molecule has 2 amide bonds. The van der Waals surface area contributed by atoms with Crippen LogP contribution in [0.2, 0.25) is 0 Å². The molecule has 2 fully saturated rings. The Morgan fingerprint density at radius 1 is 1.25 bits per heavy atom. The molecule has 2 aliphatic rings. The van der Waals surface area contributed by atoms with Crippen molar-refractivity contribution in [3.8, 4) is 0 Å². The van der Waals surface area contributed by atoms with Gasteiger partial charge in [0.1, 0.15) is 0 Å². The van der Waals surface area contributed by atoms with Crippen molar-refractivity contribution >= 4 is 6.03 Å². The van der Waals surface area contributed by atoms with Crippen molar-refractivity contribution in [3.63, 3.8) is 0 Å². The number of hydrogen-bond acceptors (Lipinski definition) is 2. The van der Waals surface area contributed by atoms with Crippen molar-refractivity contribution in [2.75, 3.05) is 19.6 Å². The Balaban J connectivity index is 1.86. The molecule has 1 unspecified atom stereocenters. The van der Waals surface area contributed by atoms with Crippen LogP contribution in [0.4, 0.5) is 4.79 Å². The first-order valence-corrected chi connectivity index (χ1v) is 4.61. The standard InChI is InChI=1S/C8H15N3O/c12-8-10-5-7(11-8)6-1-3-9-4-2-6/h6-7,9H,1-5H2,(H2,10,11,12). The molecule has 2 aliphatic heterocycles. The lowest BCUT2D eigenvalue weighted by Gasteiger charge is -2.26. The highest BCUT2D eigenvalue weighted by molar-refractivity contribution is 5.76. The second-order valence-corrected chi connectivity index (χ2v) is 3.55. The Morgan fingerprint density at radius 2 is 2.00 bits per heavy atom. The van der Waals surface area contributed by atoms with Gasteiger partial charge in [0.05, 0.1) is 6.04 Å². The summed E-state index contributed by atoms with van der Waals surface area (Å²) in [5.41, 5.74) is 0. The minimum Gasteiger partial charge on any atom is -0.336 e. The van der Waals surface area contributed by atoms with Gasteiger partial charge in [-0.3, -0.25) is 0 Å². The summed E-state index contributed by atoms with van der Waals surface area (Å²) < 4.78 is 0. The van der Waals surface area contributed by atoms with Crippen molar-refractivity contribution in [1.29, 1.82) is 0 Å². The predicted octanol–water partition coefficient (Wildman–Crippen LogP) is -0.333. The van der Waals surface area contributed by atoms with Crippen LogP contribution in [0.1, 0.15) is 12.8 Å². The van der Waals surface area contributed by atoms with Crippen LogP contribution in [0, 0.1) is 5.92 Å². The fraction of sp³-hybridized carbons (Fsp3) is 0.875. The summed E-state index contributed by atoms with van der Waals surface area (Å²) in [6.07, 6.45) is 2.37. The fourth-order valence-electron chi connectivity index (χ4n) is 2.00. The topological polar surface area (TPSA) is 53.2 Å². The predicted molar refractivity (Wildman–Crippen MR) is 45.9 cm³/mol. The van der Waals surface area contributed by atoms with Crippen molar-refractivity contribution in [2.24, 2.45) is 5.92 Å². The van der Waals surface area contributed by atoms with Crippen LogP contribution in [0.15, 0.2) is 0 Å². The van der Waals surface area contributed by atoms with E-state index in [1.807, 2.05) is 0 Å². The average Bonchev–Trinajstić information content (AvgIpc) is 2.54. The van der Waals surface area contributed by atoms with Crippen molar-refractivity contribution < 1.29 is 4.79 Å². The summed E-state index contributed by atoms with van der Waals surface area (Å²) in [4.78, 5) is 10.9. The summed E-state index contributed by atoms with van der Waals surface area (Å²) in [6.45, 7) is 3.00. The molecule has 12 heavy (non-hydrogen) atoms. The van der Waals surface area contributed by atoms with Crippen molar-refractivity contribution in [2.45, 2.75) is 18.9 Å². The fourth-order valence-corrected chi connectivity index (χ4v) is 2.00. The Morgan fingerprint density at radius 3 is 2.58 bits per heavy atom. The average molecular weight is 169 g/mol. The molecular weight excluding hydrogens is 154 g/mol. The van der Waals surface area contributed by atoms with E-state index in [0.29, 0.717) is 12.0 Å². The maximum absolute atomic E-state index is 10.9. The summed E-state index contributed by atoms with van der Waals surface area (Å²) in [5, 5.41) is 9.06. The highest BCUT2D eigenvalue weighted by Crippen LogP contribution is 2.17. The lowest BCUT2D eigenvalue weighted by molar-refractivity contribution is 0.243. The molecule has 0 aromatic heterocycles. The molecule has 0 radical (unpaired) electrons.